The maximum Gasteiger partial charge on any atom is 0.264 e. The van der Waals surface area contributed by atoms with Crippen LogP contribution in [0.4, 0.5) is 5.69 Å². The first-order valence-corrected chi connectivity index (χ1v) is 10.4. The Labute approximate surface area is 159 Å². The largest absolute Gasteiger partial charge is 0.368 e. The Morgan fingerprint density at radius 1 is 1.12 bits per heavy atom. The van der Waals surface area contributed by atoms with E-state index in [-0.39, 0.29) is 11.7 Å². The molecule has 0 aliphatic carbocycles. The van der Waals surface area contributed by atoms with Crippen LogP contribution in [0.3, 0.4) is 0 Å². The van der Waals surface area contributed by atoms with Gasteiger partial charge in [-0.15, -0.1) is 23.1 Å². The van der Waals surface area contributed by atoms with Gasteiger partial charge in [-0.3, -0.25) is 9.59 Å². The second-order valence-electron chi connectivity index (χ2n) is 6.09. The average molecular weight is 393 g/mol. The number of ketones is 1. The molecule has 4 nitrogen and oxygen atoms in total. The molecule has 0 unspecified atom stereocenters. The van der Waals surface area contributed by atoms with E-state index in [0.29, 0.717) is 24.4 Å². The van der Waals surface area contributed by atoms with E-state index in [1.807, 2.05) is 29.2 Å². The van der Waals surface area contributed by atoms with E-state index in [4.69, 9.17) is 11.6 Å². The fraction of sp³-hybridized carbons (Fsp3) is 0.333. The normalized spacial score (nSPS) is 17.6. The summed E-state index contributed by atoms with van der Waals surface area (Å²) in [4.78, 5) is 29.6. The predicted molar refractivity (Wildman–Crippen MR) is 104 cm³/mol. The standard InChI is InChI=1S/C18H17ClN2O2S2/c19-12-2-1-3-13(10-12)20-5-7-21(8-6-20)17(23)16-11-14-15(22)4-9-24-18(14)25-16/h1-3,10-11H,4-9H2. The van der Waals surface area contributed by atoms with Gasteiger partial charge in [0.05, 0.1) is 9.09 Å². The molecule has 0 saturated carbocycles. The van der Waals surface area contributed by atoms with Crippen molar-refractivity contribution in [2.75, 3.05) is 36.8 Å². The first-order valence-electron chi connectivity index (χ1n) is 8.21. The van der Waals surface area contributed by atoms with Crippen LogP contribution in [0, 0.1) is 0 Å². The third-order valence-corrected chi connectivity index (χ3v) is 7.16. The first-order chi connectivity index (χ1) is 12.1. The molecule has 0 radical (unpaired) electrons. The number of thiophene rings is 1. The van der Waals surface area contributed by atoms with E-state index in [2.05, 4.69) is 4.90 Å². The van der Waals surface area contributed by atoms with Crippen LogP contribution in [-0.2, 0) is 0 Å². The molecular weight excluding hydrogens is 376 g/mol. The predicted octanol–water partition coefficient (Wildman–Crippen LogP) is 4.04. The number of carbonyl (C=O) groups excluding carboxylic acids is 2. The van der Waals surface area contributed by atoms with Crippen LogP contribution >= 0.6 is 34.7 Å². The van der Waals surface area contributed by atoms with Gasteiger partial charge in [0.2, 0.25) is 0 Å². The quantitative estimate of drug-likeness (QED) is 0.773. The number of hydrogen-bond acceptors (Lipinski definition) is 5. The molecule has 2 aliphatic heterocycles. The van der Waals surface area contributed by atoms with Crippen molar-refractivity contribution in [1.82, 2.24) is 4.90 Å². The van der Waals surface area contributed by atoms with Crippen molar-refractivity contribution in [3.8, 4) is 0 Å². The van der Waals surface area contributed by atoms with Gasteiger partial charge < -0.3 is 9.80 Å². The zero-order valence-electron chi connectivity index (χ0n) is 13.5. The topological polar surface area (TPSA) is 40.6 Å². The molecule has 4 rings (SSSR count). The molecule has 25 heavy (non-hydrogen) atoms. The van der Waals surface area contributed by atoms with Crippen molar-refractivity contribution in [1.29, 1.82) is 0 Å². The van der Waals surface area contributed by atoms with Crippen LogP contribution in [0.2, 0.25) is 5.02 Å². The van der Waals surface area contributed by atoms with Gasteiger partial charge in [-0.1, -0.05) is 17.7 Å². The molecule has 130 valence electrons. The zero-order chi connectivity index (χ0) is 17.4. The molecule has 1 fully saturated rings. The number of halogens is 1. The van der Waals surface area contributed by atoms with Crippen LogP contribution in [0.15, 0.2) is 34.5 Å². The summed E-state index contributed by atoms with van der Waals surface area (Å²) >= 11 is 9.21. The maximum atomic E-state index is 12.8. The molecule has 0 bridgehead atoms. The van der Waals surface area contributed by atoms with Gasteiger partial charge in [0.15, 0.2) is 5.78 Å². The highest BCUT2D eigenvalue weighted by Crippen LogP contribution is 2.37. The summed E-state index contributed by atoms with van der Waals surface area (Å²) in [5, 5.41) is 0.724. The number of hydrogen-bond donors (Lipinski definition) is 0. The number of thioether (sulfide) groups is 1. The second kappa shape index (κ2) is 7.02. The highest BCUT2D eigenvalue weighted by Gasteiger charge is 2.27. The molecule has 1 aromatic carbocycles. The minimum Gasteiger partial charge on any atom is -0.368 e. The number of fused-ring (bicyclic) bond motifs is 1. The fourth-order valence-corrected chi connectivity index (χ4v) is 5.77. The molecule has 2 aliphatic rings. The monoisotopic (exact) mass is 392 g/mol. The number of anilines is 1. The Kier molecular flexibility index (Phi) is 4.75. The maximum absolute atomic E-state index is 12.8. The fourth-order valence-electron chi connectivity index (χ4n) is 3.15. The third-order valence-electron chi connectivity index (χ3n) is 4.51. The van der Waals surface area contributed by atoms with Crippen LogP contribution in [0.5, 0.6) is 0 Å². The van der Waals surface area contributed by atoms with Gasteiger partial charge in [-0.05, 0) is 24.3 Å². The van der Waals surface area contributed by atoms with Gasteiger partial charge in [0.25, 0.3) is 5.91 Å². The molecule has 2 aromatic rings. The molecule has 3 heterocycles. The Hall–Kier alpha value is -1.50. The van der Waals surface area contributed by atoms with Crippen molar-refractivity contribution in [3.05, 3.63) is 45.8 Å². The Morgan fingerprint density at radius 2 is 1.92 bits per heavy atom. The Bertz CT molecular complexity index is 828. The number of nitrogens with zero attached hydrogens (tertiary/aromatic N) is 2. The van der Waals surface area contributed by atoms with Gasteiger partial charge in [0, 0.05) is 54.6 Å². The lowest BCUT2D eigenvalue weighted by atomic mass is 10.1. The van der Waals surface area contributed by atoms with Crippen molar-refractivity contribution < 1.29 is 9.59 Å². The summed E-state index contributed by atoms with van der Waals surface area (Å²) < 4.78 is 0.997. The van der Waals surface area contributed by atoms with Crippen LogP contribution in [0.1, 0.15) is 26.5 Å². The SMILES string of the molecule is O=C1CCSc2sc(C(=O)N3CCN(c4cccc(Cl)c4)CC3)cc21. The van der Waals surface area contributed by atoms with Crippen molar-refractivity contribution in [2.24, 2.45) is 0 Å². The van der Waals surface area contributed by atoms with Gasteiger partial charge >= 0.3 is 0 Å². The van der Waals surface area contributed by atoms with Crippen molar-refractivity contribution in [2.45, 2.75) is 10.6 Å². The molecular formula is C18H17ClN2O2S2. The van der Waals surface area contributed by atoms with E-state index < -0.39 is 0 Å². The van der Waals surface area contributed by atoms with Gasteiger partial charge in [-0.2, -0.15) is 0 Å². The summed E-state index contributed by atoms with van der Waals surface area (Å²) in [6, 6.07) is 9.59. The van der Waals surface area contributed by atoms with Gasteiger partial charge in [-0.25, -0.2) is 0 Å². The van der Waals surface area contributed by atoms with Crippen molar-refractivity contribution in [3.63, 3.8) is 0 Å². The Balaban J connectivity index is 1.44. The summed E-state index contributed by atoms with van der Waals surface area (Å²) in [6.45, 7) is 2.92. The van der Waals surface area contributed by atoms with E-state index >= 15 is 0 Å². The summed E-state index contributed by atoms with van der Waals surface area (Å²) in [5.41, 5.74) is 1.83. The zero-order valence-corrected chi connectivity index (χ0v) is 15.9. The minimum absolute atomic E-state index is 0.0403. The van der Waals surface area contributed by atoms with E-state index in [1.54, 1.807) is 17.8 Å². The third kappa shape index (κ3) is 3.43. The lowest BCUT2D eigenvalue weighted by Gasteiger charge is -2.36. The number of rotatable bonds is 2. The number of amides is 1. The second-order valence-corrected chi connectivity index (χ2v) is 8.94. The number of carbonyl (C=O) groups is 2. The van der Waals surface area contributed by atoms with Crippen LogP contribution < -0.4 is 4.90 Å². The summed E-state index contributed by atoms with van der Waals surface area (Å²) in [7, 11) is 0. The lowest BCUT2D eigenvalue weighted by molar-refractivity contribution is 0.0751. The van der Waals surface area contributed by atoms with E-state index in [9.17, 15) is 9.59 Å². The average Bonchev–Trinajstić information content (AvgIpc) is 3.07. The molecule has 0 atom stereocenters. The smallest absolute Gasteiger partial charge is 0.264 e. The highest BCUT2D eigenvalue weighted by molar-refractivity contribution is 8.01. The van der Waals surface area contributed by atoms with E-state index in [0.717, 1.165) is 39.3 Å². The van der Waals surface area contributed by atoms with E-state index in [1.165, 1.54) is 11.3 Å². The molecule has 1 saturated heterocycles. The summed E-state index contributed by atoms with van der Waals surface area (Å²) in [5.74, 6) is 1.02. The number of benzene rings is 1. The molecule has 0 N–H and O–H groups in total. The molecule has 1 aromatic heterocycles. The number of Topliss-reactive ketones (excluding diaryl/α,β-unsaturated/α-hetero) is 1. The molecule has 7 heteroatoms. The van der Waals surface area contributed by atoms with Crippen molar-refractivity contribution >= 4 is 52.1 Å². The molecule has 0 spiro atoms. The van der Waals surface area contributed by atoms with Gasteiger partial charge in [0.1, 0.15) is 0 Å². The summed E-state index contributed by atoms with van der Waals surface area (Å²) in [6.07, 6.45) is 0.570. The first kappa shape index (κ1) is 16.9. The molecule has 1 amide bonds. The highest BCUT2D eigenvalue weighted by atomic mass is 35.5. The van der Waals surface area contributed by atoms with Crippen LogP contribution in [0.25, 0.3) is 0 Å². The Morgan fingerprint density at radius 3 is 2.64 bits per heavy atom. The minimum atomic E-state index is 0.0403. The number of piperazine rings is 1. The lowest BCUT2D eigenvalue weighted by Crippen LogP contribution is -2.48. The van der Waals surface area contributed by atoms with Crippen LogP contribution in [-0.4, -0.2) is 48.5 Å².